The monoisotopic (exact) mass is 440 g/mol. The molecule has 5 nitrogen and oxygen atoms in total. The molecule has 1 aliphatic rings. The van der Waals surface area contributed by atoms with Crippen LogP contribution in [0.5, 0.6) is 0 Å². The zero-order chi connectivity index (χ0) is 23.6. The first-order valence-corrected chi connectivity index (χ1v) is 10.7. The van der Waals surface area contributed by atoms with Gasteiger partial charge in [-0.2, -0.15) is 0 Å². The summed E-state index contributed by atoms with van der Waals surface area (Å²) in [5.74, 6) is 5.90. The van der Waals surface area contributed by atoms with Gasteiger partial charge < -0.3 is 10.7 Å². The van der Waals surface area contributed by atoms with E-state index in [2.05, 4.69) is 16.8 Å². The van der Waals surface area contributed by atoms with Gasteiger partial charge in [0.25, 0.3) is 5.56 Å². The number of aryl methyl sites for hydroxylation is 2. The summed E-state index contributed by atoms with van der Waals surface area (Å²) in [7, 11) is 0. The minimum atomic E-state index is -0.911. The summed E-state index contributed by atoms with van der Waals surface area (Å²) in [6, 6.07) is 14.3. The summed E-state index contributed by atoms with van der Waals surface area (Å²) in [5, 5.41) is 0. The van der Waals surface area contributed by atoms with Gasteiger partial charge in [-0.25, -0.2) is 9.38 Å². The zero-order valence-electron chi connectivity index (χ0n) is 18.9. The lowest BCUT2D eigenvalue weighted by molar-refractivity contribution is 0.442. The van der Waals surface area contributed by atoms with Crippen LogP contribution in [0.3, 0.4) is 0 Å². The first-order valence-electron chi connectivity index (χ1n) is 10.7. The van der Waals surface area contributed by atoms with Crippen LogP contribution in [0.15, 0.2) is 69.5 Å². The molecule has 0 spiro atoms. The zero-order valence-corrected chi connectivity index (χ0v) is 18.9. The van der Waals surface area contributed by atoms with Crippen LogP contribution in [0.4, 0.5) is 4.39 Å². The Hall–Kier alpha value is -3.98. The van der Waals surface area contributed by atoms with Gasteiger partial charge in [-0.1, -0.05) is 24.1 Å². The second kappa shape index (κ2) is 8.87. The number of nitrogens with one attached hydrogen (secondary N) is 1. The molecule has 1 aliphatic heterocycles. The Morgan fingerprint density at radius 3 is 2.64 bits per heavy atom. The lowest BCUT2D eigenvalue weighted by atomic mass is 9.90. The Morgan fingerprint density at radius 1 is 1.12 bits per heavy atom. The highest BCUT2D eigenvalue weighted by atomic mass is 19.1. The van der Waals surface area contributed by atoms with Gasteiger partial charge in [-0.3, -0.25) is 9.79 Å². The summed E-state index contributed by atoms with van der Waals surface area (Å²) in [5.41, 5.74) is 10.2. The minimum Gasteiger partial charge on any atom is -0.382 e. The summed E-state index contributed by atoms with van der Waals surface area (Å²) >= 11 is 0. The SMILES string of the molecule is CC#Cc1ccc(F)c(-c2cccc(C3(CCc4c[nH]c(=O)c(C)c4)N=C(C)C(N)=N3)c2)c1. The fourth-order valence-corrected chi connectivity index (χ4v) is 4.05. The number of aliphatic imine (C=N–C) groups is 2. The number of nitrogens with zero attached hydrogens (tertiary/aromatic N) is 2. The highest BCUT2D eigenvalue weighted by Gasteiger charge is 2.36. The second-order valence-electron chi connectivity index (χ2n) is 8.18. The molecule has 0 aliphatic carbocycles. The predicted octanol–water partition coefficient (Wildman–Crippen LogP) is 4.48. The first kappa shape index (κ1) is 22.2. The maximum atomic E-state index is 14.7. The molecule has 4 rings (SSSR count). The number of aromatic amines is 1. The minimum absolute atomic E-state index is 0.102. The molecular weight excluding hydrogens is 415 g/mol. The van der Waals surface area contributed by atoms with Crippen molar-refractivity contribution in [3.63, 3.8) is 0 Å². The third-order valence-corrected chi connectivity index (χ3v) is 5.81. The molecule has 3 N–H and O–H groups in total. The fraction of sp³-hybridized carbons (Fsp3) is 0.222. The Labute approximate surface area is 192 Å². The molecular formula is C27H25FN4O. The number of nitrogens with two attached hydrogens (primary N) is 1. The van der Waals surface area contributed by atoms with Gasteiger partial charge in [-0.05, 0) is 68.7 Å². The molecule has 0 saturated heterocycles. The van der Waals surface area contributed by atoms with Crippen molar-refractivity contribution in [3.8, 4) is 23.0 Å². The molecule has 1 aromatic heterocycles. The van der Waals surface area contributed by atoms with E-state index < -0.39 is 5.66 Å². The highest BCUT2D eigenvalue weighted by Crippen LogP contribution is 2.38. The number of amidine groups is 1. The maximum Gasteiger partial charge on any atom is 0.250 e. The summed E-state index contributed by atoms with van der Waals surface area (Å²) in [4.78, 5) is 24.0. The summed E-state index contributed by atoms with van der Waals surface area (Å²) in [6.45, 7) is 5.36. The van der Waals surface area contributed by atoms with Gasteiger partial charge in [0.15, 0.2) is 5.66 Å². The van der Waals surface area contributed by atoms with Crippen LogP contribution in [0.2, 0.25) is 0 Å². The van der Waals surface area contributed by atoms with Crippen LogP contribution in [0.1, 0.15) is 42.5 Å². The largest absolute Gasteiger partial charge is 0.382 e. The van der Waals surface area contributed by atoms with Crippen LogP contribution in [-0.2, 0) is 12.1 Å². The third kappa shape index (κ3) is 4.49. The molecule has 0 bridgehead atoms. The predicted molar refractivity (Wildman–Crippen MR) is 131 cm³/mol. The Morgan fingerprint density at radius 2 is 1.94 bits per heavy atom. The van der Waals surface area contributed by atoms with Gasteiger partial charge in [-0.15, -0.1) is 5.92 Å². The highest BCUT2D eigenvalue weighted by molar-refractivity contribution is 6.41. The quantitative estimate of drug-likeness (QED) is 0.574. The molecule has 1 unspecified atom stereocenters. The number of rotatable bonds is 5. The average molecular weight is 441 g/mol. The summed E-state index contributed by atoms with van der Waals surface area (Å²) < 4.78 is 14.7. The summed E-state index contributed by atoms with van der Waals surface area (Å²) in [6.07, 6.45) is 2.89. The number of hydrogen-bond acceptors (Lipinski definition) is 4. The Balaban J connectivity index is 1.75. The molecule has 33 heavy (non-hydrogen) atoms. The van der Waals surface area contributed by atoms with Crippen LogP contribution < -0.4 is 11.3 Å². The van der Waals surface area contributed by atoms with Crippen molar-refractivity contribution in [1.82, 2.24) is 4.98 Å². The Bertz CT molecular complexity index is 1390. The van der Waals surface area contributed by atoms with E-state index >= 15 is 0 Å². The van der Waals surface area contributed by atoms with Crippen molar-refractivity contribution in [2.75, 3.05) is 0 Å². The van der Waals surface area contributed by atoms with Crippen molar-refractivity contribution < 1.29 is 4.39 Å². The second-order valence-corrected chi connectivity index (χ2v) is 8.18. The van der Waals surface area contributed by atoms with E-state index in [0.717, 1.165) is 22.3 Å². The van der Waals surface area contributed by atoms with Crippen molar-refractivity contribution in [2.24, 2.45) is 15.7 Å². The van der Waals surface area contributed by atoms with Gasteiger partial charge in [0.2, 0.25) is 0 Å². The number of halogens is 1. The number of hydrogen-bond donors (Lipinski definition) is 2. The van der Waals surface area contributed by atoms with Crippen molar-refractivity contribution in [3.05, 3.63) is 93.2 Å². The van der Waals surface area contributed by atoms with Gasteiger partial charge in [0.1, 0.15) is 11.7 Å². The van der Waals surface area contributed by atoms with E-state index in [1.54, 1.807) is 32.2 Å². The van der Waals surface area contributed by atoms with Crippen LogP contribution in [-0.4, -0.2) is 16.5 Å². The van der Waals surface area contributed by atoms with Crippen molar-refractivity contribution >= 4 is 11.5 Å². The van der Waals surface area contributed by atoms with E-state index in [4.69, 9.17) is 15.7 Å². The maximum absolute atomic E-state index is 14.7. The van der Waals surface area contributed by atoms with Gasteiger partial charge in [0, 0.05) is 34.9 Å². The lowest BCUT2D eigenvalue weighted by Crippen LogP contribution is -2.22. The normalized spacial score (nSPS) is 17.2. The van der Waals surface area contributed by atoms with E-state index in [9.17, 15) is 9.18 Å². The van der Waals surface area contributed by atoms with E-state index in [-0.39, 0.29) is 11.4 Å². The van der Waals surface area contributed by atoms with E-state index in [1.165, 1.54) is 6.07 Å². The molecule has 2 heterocycles. The van der Waals surface area contributed by atoms with E-state index in [0.29, 0.717) is 35.5 Å². The molecule has 0 saturated carbocycles. The standard InChI is InChI=1S/C27H25FN4O/c1-4-6-19-9-10-24(28)23(14-19)21-7-5-8-22(15-21)27(31-18(3)25(29)32-27)12-11-20-13-17(2)26(33)30-16-20/h5,7-10,13-16H,11-12H2,1-3H3,(H2,29,32)(H,30,33). The smallest absolute Gasteiger partial charge is 0.250 e. The molecule has 2 aromatic carbocycles. The Kier molecular flexibility index (Phi) is 5.97. The molecule has 0 amide bonds. The van der Waals surface area contributed by atoms with E-state index in [1.807, 2.05) is 37.3 Å². The number of H-pyrrole nitrogens is 1. The van der Waals surface area contributed by atoms with Crippen LogP contribution in [0.25, 0.3) is 11.1 Å². The topological polar surface area (TPSA) is 83.6 Å². The van der Waals surface area contributed by atoms with Gasteiger partial charge >= 0.3 is 0 Å². The first-order chi connectivity index (χ1) is 15.8. The van der Waals surface area contributed by atoms with Crippen LogP contribution >= 0.6 is 0 Å². The lowest BCUT2D eigenvalue weighted by Gasteiger charge is -2.24. The third-order valence-electron chi connectivity index (χ3n) is 5.81. The number of benzene rings is 2. The molecule has 6 heteroatoms. The molecule has 166 valence electrons. The molecule has 3 aromatic rings. The number of aromatic nitrogens is 1. The van der Waals surface area contributed by atoms with Crippen molar-refractivity contribution in [1.29, 1.82) is 0 Å². The van der Waals surface area contributed by atoms with Gasteiger partial charge in [0.05, 0.1) is 5.71 Å². The van der Waals surface area contributed by atoms with Crippen molar-refractivity contribution in [2.45, 2.75) is 39.3 Å². The number of pyridine rings is 1. The molecule has 1 atom stereocenters. The fourth-order valence-electron chi connectivity index (χ4n) is 4.05. The molecule has 0 fully saturated rings. The average Bonchev–Trinajstić information content (AvgIpc) is 3.10. The van der Waals surface area contributed by atoms with Crippen LogP contribution in [0, 0.1) is 24.6 Å². The molecule has 0 radical (unpaired) electrons.